The Balaban J connectivity index is 2.92. The van der Waals surface area contributed by atoms with Crippen LogP contribution in [0.1, 0.15) is 19.8 Å². The fraction of sp³-hybridized carbons (Fsp3) is 0.625. The molecule has 1 aliphatic rings. The Kier molecular flexibility index (Phi) is 2.26. The Morgan fingerprint density at radius 1 is 1.50 bits per heavy atom. The van der Waals surface area contributed by atoms with Crippen LogP contribution in [0.2, 0.25) is 0 Å². The summed E-state index contributed by atoms with van der Waals surface area (Å²) in [6.45, 7) is 1.49. The molecule has 0 aromatic carbocycles. The zero-order valence-electron chi connectivity index (χ0n) is 6.61. The second-order valence-electron chi connectivity index (χ2n) is 3.00. The molecule has 1 nitrogen and oxygen atoms in total. The number of rotatable bonds is 0. The summed E-state index contributed by atoms with van der Waals surface area (Å²) in [5.74, 6) is -0.955. The number of hydrogen-bond acceptors (Lipinski definition) is 1. The maximum absolute atomic E-state index is 12.1. The fourth-order valence-electron chi connectivity index (χ4n) is 1.26. The Morgan fingerprint density at radius 2 is 2.08 bits per heavy atom. The molecule has 0 radical (unpaired) electrons. The first-order chi connectivity index (χ1) is 5.41. The Morgan fingerprint density at radius 3 is 2.50 bits per heavy atom. The number of carbonyl (C=O) groups is 1. The zero-order chi connectivity index (χ0) is 9.35. The van der Waals surface area contributed by atoms with Crippen molar-refractivity contribution in [2.45, 2.75) is 25.9 Å². The van der Waals surface area contributed by atoms with E-state index >= 15 is 0 Å². The predicted octanol–water partition coefficient (Wildman–Crippen LogP) is 2.47. The van der Waals surface area contributed by atoms with Gasteiger partial charge in [-0.05, 0) is 18.4 Å². The Labute approximate surface area is 68.3 Å². The molecule has 68 valence electrons. The fourth-order valence-corrected chi connectivity index (χ4v) is 1.26. The molecule has 0 bridgehead atoms. The average Bonchev–Trinajstić information content (AvgIpc) is 1.92. The van der Waals surface area contributed by atoms with Gasteiger partial charge >= 0.3 is 6.18 Å². The standard InChI is InChI=1S/C8H9F3O/c1-5-2-3-6(12)4-7(5)8(9,10)11/h4-5H,2-3H2,1H3/t5-/m1/s1. The van der Waals surface area contributed by atoms with Crippen LogP contribution in [-0.2, 0) is 4.79 Å². The van der Waals surface area contributed by atoms with E-state index in [0.29, 0.717) is 6.42 Å². The number of ketones is 1. The molecule has 0 fully saturated rings. The highest BCUT2D eigenvalue weighted by Gasteiger charge is 2.38. The van der Waals surface area contributed by atoms with Gasteiger partial charge in [0.1, 0.15) is 0 Å². The first kappa shape index (κ1) is 9.29. The minimum absolute atomic E-state index is 0.237. The molecule has 0 aromatic rings. The number of hydrogen-bond donors (Lipinski definition) is 0. The van der Waals surface area contributed by atoms with E-state index in [0.717, 1.165) is 6.08 Å². The molecular weight excluding hydrogens is 169 g/mol. The monoisotopic (exact) mass is 178 g/mol. The molecule has 0 N–H and O–H groups in total. The van der Waals surface area contributed by atoms with Gasteiger partial charge in [0.05, 0.1) is 0 Å². The summed E-state index contributed by atoms with van der Waals surface area (Å²) in [6.07, 6.45) is -3.06. The first-order valence-corrected chi connectivity index (χ1v) is 3.73. The molecule has 12 heavy (non-hydrogen) atoms. The summed E-state index contributed by atoms with van der Waals surface area (Å²) >= 11 is 0. The lowest BCUT2D eigenvalue weighted by molar-refractivity contribution is -0.119. The van der Waals surface area contributed by atoms with Crippen molar-refractivity contribution >= 4 is 5.78 Å². The minimum atomic E-state index is -4.34. The largest absolute Gasteiger partial charge is 0.413 e. The van der Waals surface area contributed by atoms with Crippen LogP contribution in [0, 0.1) is 5.92 Å². The summed E-state index contributed by atoms with van der Waals surface area (Å²) in [7, 11) is 0. The van der Waals surface area contributed by atoms with Crippen molar-refractivity contribution < 1.29 is 18.0 Å². The summed E-state index contributed by atoms with van der Waals surface area (Å²) in [5.41, 5.74) is -0.682. The average molecular weight is 178 g/mol. The highest BCUT2D eigenvalue weighted by Crippen LogP contribution is 2.35. The molecule has 0 saturated carbocycles. The smallest absolute Gasteiger partial charge is 0.295 e. The van der Waals surface area contributed by atoms with Gasteiger partial charge < -0.3 is 0 Å². The van der Waals surface area contributed by atoms with E-state index in [9.17, 15) is 18.0 Å². The van der Waals surface area contributed by atoms with Gasteiger partial charge in [0, 0.05) is 12.0 Å². The van der Waals surface area contributed by atoms with Crippen LogP contribution in [0.4, 0.5) is 13.2 Å². The third-order valence-electron chi connectivity index (χ3n) is 2.00. The summed E-state index contributed by atoms with van der Waals surface area (Å²) in [5, 5.41) is 0. The van der Waals surface area contributed by atoms with Crippen LogP contribution < -0.4 is 0 Å². The summed E-state index contributed by atoms with van der Waals surface area (Å²) in [6, 6.07) is 0. The number of allylic oxidation sites excluding steroid dienone is 2. The molecule has 0 unspecified atom stereocenters. The Hall–Kier alpha value is -0.800. The molecule has 0 heterocycles. The van der Waals surface area contributed by atoms with Crippen molar-refractivity contribution in [3.8, 4) is 0 Å². The quantitative estimate of drug-likeness (QED) is 0.556. The maximum atomic E-state index is 12.1. The van der Waals surface area contributed by atoms with Gasteiger partial charge in [0.25, 0.3) is 0 Å². The van der Waals surface area contributed by atoms with Crippen molar-refractivity contribution in [2.24, 2.45) is 5.92 Å². The van der Waals surface area contributed by atoms with Crippen molar-refractivity contribution in [2.75, 3.05) is 0 Å². The highest BCUT2D eigenvalue weighted by atomic mass is 19.4. The predicted molar refractivity (Wildman–Crippen MR) is 37.5 cm³/mol. The van der Waals surface area contributed by atoms with E-state index in [1.807, 2.05) is 0 Å². The van der Waals surface area contributed by atoms with Crippen molar-refractivity contribution in [1.82, 2.24) is 0 Å². The Bertz CT molecular complexity index is 227. The molecular formula is C8H9F3O. The molecule has 4 heteroatoms. The molecule has 1 atom stereocenters. The van der Waals surface area contributed by atoms with Gasteiger partial charge in [0.15, 0.2) is 5.78 Å². The summed E-state index contributed by atoms with van der Waals surface area (Å²) < 4.78 is 36.4. The van der Waals surface area contributed by atoms with Gasteiger partial charge in [-0.2, -0.15) is 13.2 Å². The zero-order valence-corrected chi connectivity index (χ0v) is 6.61. The molecule has 0 spiro atoms. The third-order valence-corrected chi connectivity index (χ3v) is 2.00. The van der Waals surface area contributed by atoms with E-state index in [1.54, 1.807) is 0 Å². The van der Waals surface area contributed by atoms with E-state index in [1.165, 1.54) is 6.92 Å². The van der Waals surface area contributed by atoms with E-state index in [-0.39, 0.29) is 6.42 Å². The topological polar surface area (TPSA) is 17.1 Å². The van der Waals surface area contributed by atoms with Crippen molar-refractivity contribution in [3.63, 3.8) is 0 Å². The molecule has 1 aliphatic carbocycles. The molecule has 0 aliphatic heterocycles. The first-order valence-electron chi connectivity index (χ1n) is 3.73. The van der Waals surface area contributed by atoms with E-state index < -0.39 is 23.5 Å². The lowest BCUT2D eigenvalue weighted by Gasteiger charge is -2.21. The van der Waals surface area contributed by atoms with Gasteiger partial charge in [0.2, 0.25) is 0 Å². The van der Waals surface area contributed by atoms with Gasteiger partial charge in [-0.3, -0.25) is 4.79 Å². The second kappa shape index (κ2) is 2.92. The van der Waals surface area contributed by atoms with Crippen LogP contribution in [0.25, 0.3) is 0 Å². The molecule has 1 rings (SSSR count). The van der Waals surface area contributed by atoms with Crippen LogP contribution in [0.5, 0.6) is 0 Å². The third kappa shape index (κ3) is 1.87. The number of alkyl halides is 3. The molecule has 0 aromatic heterocycles. The normalized spacial score (nSPS) is 25.5. The lowest BCUT2D eigenvalue weighted by Crippen LogP contribution is -2.23. The van der Waals surface area contributed by atoms with Crippen LogP contribution in [0.3, 0.4) is 0 Å². The molecule has 0 saturated heterocycles. The van der Waals surface area contributed by atoms with Crippen LogP contribution in [-0.4, -0.2) is 12.0 Å². The maximum Gasteiger partial charge on any atom is 0.413 e. The van der Waals surface area contributed by atoms with Gasteiger partial charge in [-0.1, -0.05) is 6.92 Å². The second-order valence-corrected chi connectivity index (χ2v) is 3.00. The highest BCUT2D eigenvalue weighted by molar-refractivity contribution is 5.91. The minimum Gasteiger partial charge on any atom is -0.295 e. The number of halogens is 3. The van der Waals surface area contributed by atoms with Gasteiger partial charge in [-0.25, -0.2) is 0 Å². The van der Waals surface area contributed by atoms with Crippen LogP contribution in [0.15, 0.2) is 11.6 Å². The van der Waals surface area contributed by atoms with Crippen LogP contribution >= 0.6 is 0 Å². The van der Waals surface area contributed by atoms with Crippen molar-refractivity contribution in [1.29, 1.82) is 0 Å². The van der Waals surface area contributed by atoms with E-state index in [4.69, 9.17) is 0 Å². The summed E-state index contributed by atoms with van der Waals surface area (Å²) in [4.78, 5) is 10.7. The SMILES string of the molecule is C[C@@H]1CCC(=O)C=C1C(F)(F)F. The lowest BCUT2D eigenvalue weighted by atomic mass is 9.88. The molecule has 0 amide bonds. The van der Waals surface area contributed by atoms with Crippen molar-refractivity contribution in [3.05, 3.63) is 11.6 Å². The van der Waals surface area contributed by atoms with Gasteiger partial charge in [-0.15, -0.1) is 0 Å². The number of carbonyl (C=O) groups excluding carboxylic acids is 1. The van der Waals surface area contributed by atoms with E-state index in [2.05, 4.69) is 0 Å².